The minimum Gasteiger partial charge on any atom is -0.497 e. The summed E-state index contributed by atoms with van der Waals surface area (Å²) >= 11 is 3.44. The predicted molar refractivity (Wildman–Crippen MR) is 128 cm³/mol. The molecule has 2 N–H and O–H groups in total. The first-order valence-corrected chi connectivity index (χ1v) is 10.9. The number of amides is 2. The Morgan fingerprint density at radius 1 is 1.09 bits per heavy atom. The second kappa shape index (κ2) is 12.1. The molecule has 2 rings (SSSR count). The Balaban J connectivity index is 2.09. The first-order valence-electron chi connectivity index (χ1n) is 10.1. The summed E-state index contributed by atoms with van der Waals surface area (Å²) < 4.78 is 16.7. The molecular formula is C23H28BrN3O5. The molecule has 0 spiro atoms. The minimum atomic E-state index is -0.921. The molecule has 0 saturated carbocycles. The van der Waals surface area contributed by atoms with Crippen LogP contribution in [0, 0.1) is 11.8 Å². The fourth-order valence-electron chi connectivity index (χ4n) is 2.98. The van der Waals surface area contributed by atoms with Gasteiger partial charge in [-0.15, -0.1) is 0 Å². The number of carbonyl (C=O) groups excluding carboxylic acids is 2. The van der Waals surface area contributed by atoms with Gasteiger partial charge < -0.3 is 19.5 Å². The van der Waals surface area contributed by atoms with E-state index in [1.54, 1.807) is 64.5 Å². The van der Waals surface area contributed by atoms with Gasteiger partial charge in [0.05, 0.1) is 31.5 Å². The number of hydrogen-bond acceptors (Lipinski definition) is 6. The highest BCUT2D eigenvalue weighted by Crippen LogP contribution is 2.36. The van der Waals surface area contributed by atoms with E-state index < -0.39 is 17.7 Å². The van der Waals surface area contributed by atoms with Gasteiger partial charge in [0.15, 0.2) is 11.5 Å². The van der Waals surface area contributed by atoms with Gasteiger partial charge in [-0.25, -0.2) is 5.43 Å². The maximum absolute atomic E-state index is 12.7. The highest BCUT2D eigenvalue weighted by atomic mass is 79.9. The molecule has 172 valence electrons. The fraction of sp³-hybridized carbons (Fsp3) is 0.348. The number of methoxy groups -OCH3 is 2. The summed E-state index contributed by atoms with van der Waals surface area (Å²) in [6, 6.07) is 10.4. The van der Waals surface area contributed by atoms with Crippen LogP contribution in [0.25, 0.3) is 0 Å². The zero-order valence-corrected chi connectivity index (χ0v) is 20.4. The van der Waals surface area contributed by atoms with E-state index in [9.17, 15) is 9.59 Å². The Hall–Kier alpha value is -3.07. The smallest absolute Gasteiger partial charge is 0.252 e. The van der Waals surface area contributed by atoms with Crippen molar-refractivity contribution in [3.63, 3.8) is 0 Å². The van der Waals surface area contributed by atoms with Crippen LogP contribution < -0.4 is 25.0 Å². The largest absolute Gasteiger partial charge is 0.497 e. The average molecular weight is 506 g/mol. The summed E-state index contributed by atoms with van der Waals surface area (Å²) in [5.41, 5.74) is 3.72. The van der Waals surface area contributed by atoms with Crippen molar-refractivity contribution in [1.82, 2.24) is 5.43 Å². The van der Waals surface area contributed by atoms with Crippen LogP contribution in [0.5, 0.6) is 17.2 Å². The number of nitrogens with zero attached hydrogens (tertiary/aromatic N) is 1. The lowest BCUT2D eigenvalue weighted by molar-refractivity contribution is -0.134. The van der Waals surface area contributed by atoms with Gasteiger partial charge in [-0.1, -0.05) is 13.8 Å². The fourth-order valence-corrected chi connectivity index (χ4v) is 3.60. The van der Waals surface area contributed by atoms with E-state index in [4.69, 9.17) is 14.2 Å². The molecule has 2 amide bonds. The standard InChI is InChI=1S/C23H28BrN3O5/c1-6-32-19-12-15(11-18(24)21(19)31-5)13-25-27-23(29)20(14(2)3)22(28)26-16-7-9-17(30-4)10-8-16/h7-14,20H,6H2,1-5H3,(H,26,28)(H,27,29). The molecule has 2 aromatic rings. The first kappa shape index (κ1) is 25.2. The quantitative estimate of drug-likeness (QED) is 0.286. The zero-order chi connectivity index (χ0) is 23.7. The average Bonchev–Trinajstić information content (AvgIpc) is 2.74. The van der Waals surface area contributed by atoms with Crippen molar-refractivity contribution in [1.29, 1.82) is 0 Å². The van der Waals surface area contributed by atoms with Gasteiger partial charge in [-0.2, -0.15) is 5.10 Å². The molecule has 0 bridgehead atoms. The second-order valence-corrected chi connectivity index (χ2v) is 8.00. The summed E-state index contributed by atoms with van der Waals surface area (Å²) in [7, 11) is 3.12. The molecule has 0 fully saturated rings. The highest BCUT2D eigenvalue weighted by Gasteiger charge is 2.30. The van der Waals surface area contributed by atoms with Crippen molar-refractivity contribution in [3.8, 4) is 17.2 Å². The Labute approximate surface area is 196 Å². The van der Waals surface area contributed by atoms with E-state index >= 15 is 0 Å². The van der Waals surface area contributed by atoms with E-state index in [2.05, 4.69) is 31.8 Å². The van der Waals surface area contributed by atoms with E-state index in [-0.39, 0.29) is 5.92 Å². The maximum atomic E-state index is 12.7. The monoisotopic (exact) mass is 505 g/mol. The summed E-state index contributed by atoms with van der Waals surface area (Å²) in [4.78, 5) is 25.4. The number of nitrogens with one attached hydrogen (secondary N) is 2. The molecule has 0 radical (unpaired) electrons. The Bertz CT molecular complexity index is 961. The molecule has 0 saturated heterocycles. The number of hydrogen-bond donors (Lipinski definition) is 2. The van der Waals surface area contributed by atoms with Crippen molar-refractivity contribution in [3.05, 3.63) is 46.4 Å². The molecule has 0 heterocycles. The molecular weight excluding hydrogens is 478 g/mol. The van der Waals surface area contributed by atoms with Gasteiger partial charge >= 0.3 is 0 Å². The molecule has 32 heavy (non-hydrogen) atoms. The third kappa shape index (κ3) is 6.71. The first-order chi connectivity index (χ1) is 15.3. The minimum absolute atomic E-state index is 0.233. The van der Waals surface area contributed by atoms with Crippen LogP contribution in [0.15, 0.2) is 46.0 Å². The van der Waals surface area contributed by atoms with Crippen LogP contribution in [0.4, 0.5) is 5.69 Å². The molecule has 0 aliphatic rings. The molecule has 1 unspecified atom stereocenters. The van der Waals surface area contributed by atoms with Gasteiger partial charge in [0.2, 0.25) is 5.91 Å². The van der Waals surface area contributed by atoms with Gasteiger partial charge in [0, 0.05) is 5.69 Å². The molecule has 8 nitrogen and oxygen atoms in total. The number of halogens is 1. The van der Waals surface area contributed by atoms with Crippen LogP contribution >= 0.6 is 15.9 Å². The molecule has 0 aromatic heterocycles. The summed E-state index contributed by atoms with van der Waals surface area (Å²) in [5.74, 6) is -0.269. The van der Waals surface area contributed by atoms with Crippen molar-refractivity contribution in [2.45, 2.75) is 20.8 Å². The van der Waals surface area contributed by atoms with Crippen LogP contribution in [0.2, 0.25) is 0 Å². The number of rotatable bonds is 10. The van der Waals surface area contributed by atoms with Crippen LogP contribution in [0.3, 0.4) is 0 Å². The number of ether oxygens (including phenoxy) is 3. The normalized spacial score (nSPS) is 11.8. The SMILES string of the molecule is CCOc1cc(C=NNC(=O)C(C(=O)Nc2ccc(OC)cc2)C(C)C)cc(Br)c1OC. The number of benzene rings is 2. The highest BCUT2D eigenvalue weighted by molar-refractivity contribution is 9.10. The van der Waals surface area contributed by atoms with Crippen molar-refractivity contribution in [2.75, 3.05) is 26.1 Å². The van der Waals surface area contributed by atoms with Gasteiger partial charge in [0.1, 0.15) is 11.7 Å². The molecule has 2 aromatic carbocycles. The molecule has 9 heteroatoms. The topological polar surface area (TPSA) is 98.2 Å². The van der Waals surface area contributed by atoms with Crippen LogP contribution in [-0.4, -0.2) is 38.9 Å². The Morgan fingerprint density at radius 3 is 2.34 bits per heavy atom. The van der Waals surface area contributed by atoms with E-state index in [0.717, 1.165) is 0 Å². The van der Waals surface area contributed by atoms with Crippen LogP contribution in [0.1, 0.15) is 26.3 Å². The lowest BCUT2D eigenvalue weighted by Gasteiger charge is -2.18. The Kier molecular flexibility index (Phi) is 9.52. The predicted octanol–water partition coefficient (Wildman–Crippen LogP) is 4.23. The Morgan fingerprint density at radius 2 is 1.78 bits per heavy atom. The number of carbonyl (C=O) groups is 2. The third-order valence-corrected chi connectivity index (χ3v) is 5.10. The van der Waals surface area contributed by atoms with Crippen molar-refractivity contribution < 1.29 is 23.8 Å². The van der Waals surface area contributed by atoms with Crippen LogP contribution in [-0.2, 0) is 9.59 Å². The lowest BCUT2D eigenvalue weighted by Crippen LogP contribution is -2.39. The summed E-state index contributed by atoms with van der Waals surface area (Å²) in [6.07, 6.45) is 1.48. The van der Waals surface area contributed by atoms with Crippen molar-refractivity contribution in [2.24, 2.45) is 16.9 Å². The molecule has 0 aliphatic heterocycles. The number of hydrazone groups is 1. The molecule has 1 atom stereocenters. The van der Waals surface area contributed by atoms with E-state index in [0.29, 0.717) is 39.6 Å². The van der Waals surface area contributed by atoms with Gasteiger partial charge in [0.25, 0.3) is 5.91 Å². The van der Waals surface area contributed by atoms with Crippen molar-refractivity contribution >= 4 is 39.6 Å². The summed E-state index contributed by atoms with van der Waals surface area (Å²) in [5, 5.41) is 6.78. The van der Waals surface area contributed by atoms with Gasteiger partial charge in [-0.3, -0.25) is 9.59 Å². The van der Waals surface area contributed by atoms with E-state index in [1.165, 1.54) is 6.21 Å². The van der Waals surface area contributed by atoms with Gasteiger partial charge in [-0.05, 0) is 70.7 Å². The zero-order valence-electron chi connectivity index (χ0n) is 18.8. The maximum Gasteiger partial charge on any atom is 0.252 e. The molecule has 0 aliphatic carbocycles. The third-order valence-electron chi connectivity index (χ3n) is 4.51. The van der Waals surface area contributed by atoms with E-state index in [1.807, 2.05) is 6.92 Å². The second-order valence-electron chi connectivity index (χ2n) is 7.14. The lowest BCUT2D eigenvalue weighted by atomic mass is 9.94. The summed E-state index contributed by atoms with van der Waals surface area (Å²) in [6.45, 7) is 5.95. The number of anilines is 1.